The van der Waals surface area contributed by atoms with Crippen molar-refractivity contribution in [2.75, 3.05) is 44.0 Å². The molecule has 1 unspecified atom stereocenters. The molecule has 4 N–H and O–H groups in total. The van der Waals surface area contributed by atoms with E-state index in [0.29, 0.717) is 13.2 Å². The normalized spacial score (nSPS) is 19.3. The van der Waals surface area contributed by atoms with Gasteiger partial charge in [-0.1, -0.05) is 0 Å². The Balaban J connectivity index is 2.14. The van der Waals surface area contributed by atoms with Gasteiger partial charge in [-0.2, -0.15) is 4.98 Å². The van der Waals surface area contributed by atoms with Crippen LogP contribution in [0.2, 0.25) is 0 Å². The van der Waals surface area contributed by atoms with Crippen LogP contribution < -0.4 is 16.6 Å². The number of likely N-dealkylation sites (N-methyl/N-ethyl adjacent to an activating group) is 1. The number of nitrogens with two attached hydrogens (primary N) is 1. The maximum absolute atomic E-state index is 11.1. The Bertz CT molecular complexity index is 525. The van der Waals surface area contributed by atoms with E-state index in [1.165, 1.54) is 6.92 Å². The summed E-state index contributed by atoms with van der Waals surface area (Å²) < 4.78 is 5.60. The van der Waals surface area contributed by atoms with Gasteiger partial charge in [0.25, 0.3) is 0 Å². The molecule has 1 aromatic rings. The summed E-state index contributed by atoms with van der Waals surface area (Å²) in [5.74, 6) is 5.53. The fraction of sp³-hybridized carbons (Fsp3) is 0.636. The van der Waals surface area contributed by atoms with Gasteiger partial charge in [0, 0.05) is 19.6 Å². The molecule has 0 amide bonds. The van der Waals surface area contributed by atoms with E-state index >= 15 is 0 Å². The first-order valence-corrected chi connectivity index (χ1v) is 6.55. The molecule has 21 heavy (non-hydrogen) atoms. The van der Waals surface area contributed by atoms with Crippen LogP contribution >= 0.6 is 0 Å². The molecule has 2 rings (SSSR count). The van der Waals surface area contributed by atoms with Crippen molar-refractivity contribution in [2.24, 2.45) is 5.84 Å². The lowest BCUT2D eigenvalue weighted by Gasteiger charge is -2.30. The van der Waals surface area contributed by atoms with E-state index in [2.05, 4.69) is 25.6 Å². The minimum absolute atomic E-state index is 0.0482. The average molecular weight is 297 g/mol. The number of nitrogen functional groups attached to an aromatic ring is 1. The predicted molar refractivity (Wildman–Crippen MR) is 77.0 cm³/mol. The first kappa shape index (κ1) is 15.4. The molecule has 0 aliphatic carbocycles. The van der Waals surface area contributed by atoms with Crippen LogP contribution in [0.4, 0.5) is 17.5 Å². The lowest BCUT2D eigenvalue weighted by molar-refractivity contribution is -0.385. The van der Waals surface area contributed by atoms with Gasteiger partial charge in [-0.3, -0.25) is 15.5 Å². The van der Waals surface area contributed by atoms with Gasteiger partial charge < -0.3 is 15.0 Å². The zero-order valence-corrected chi connectivity index (χ0v) is 12.0. The number of ether oxygens (including phenoxy) is 1. The van der Waals surface area contributed by atoms with Crippen molar-refractivity contribution in [1.82, 2.24) is 14.9 Å². The van der Waals surface area contributed by atoms with Gasteiger partial charge in [-0.25, -0.2) is 10.8 Å². The summed E-state index contributed by atoms with van der Waals surface area (Å²) in [5, 5.41) is 14.1. The number of nitrogens with zero attached hydrogens (tertiary/aromatic N) is 4. The molecule has 0 radical (unpaired) electrons. The van der Waals surface area contributed by atoms with Gasteiger partial charge >= 0.3 is 5.69 Å². The number of rotatable bonds is 5. The topological polar surface area (TPSA) is 131 Å². The molecule has 10 nitrogen and oxygen atoms in total. The van der Waals surface area contributed by atoms with Gasteiger partial charge in [-0.15, -0.1) is 0 Å². The Labute approximate surface area is 121 Å². The third-order valence-electron chi connectivity index (χ3n) is 3.21. The van der Waals surface area contributed by atoms with Gasteiger partial charge in [-0.05, 0) is 14.0 Å². The van der Waals surface area contributed by atoms with E-state index in [9.17, 15) is 10.1 Å². The third kappa shape index (κ3) is 3.74. The highest BCUT2D eigenvalue weighted by molar-refractivity contribution is 5.60. The quantitative estimate of drug-likeness (QED) is 0.381. The minimum atomic E-state index is -0.508. The zero-order valence-electron chi connectivity index (χ0n) is 12.0. The van der Waals surface area contributed by atoms with Gasteiger partial charge in [0.05, 0.1) is 17.6 Å². The summed E-state index contributed by atoms with van der Waals surface area (Å²) in [7, 11) is 2.00. The van der Waals surface area contributed by atoms with Crippen LogP contribution in [-0.4, -0.2) is 59.2 Å². The second-order valence-corrected chi connectivity index (χ2v) is 4.87. The van der Waals surface area contributed by atoms with Gasteiger partial charge in [0.2, 0.25) is 11.8 Å². The number of aryl methyl sites for hydroxylation is 1. The van der Waals surface area contributed by atoms with Crippen molar-refractivity contribution >= 4 is 17.5 Å². The molecule has 116 valence electrons. The highest BCUT2D eigenvalue weighted by Crippen LogP contribution is 2.26. The molecule has 10 heteroatoms. The van der Waals surface area contributed by atoms with Crippen LogP contribution in [0.25, 0.3) is 0 Å². The predicted octanol–water partition coefficient (Wildman–Crippen LogP) is -0.279. The summed E-state index contributed by atoms with van der Waals surface area (Å²) in [6.07, 6.45) is -0.0482. The Kier molecular flexibility index (Phi) is 4.83. The monoisotopic (exact) mass is 297 g/mol. The van der Waals surface area contributed by atoms with Crippen molar-refractivity contribution in [3.05, 3.63) is 15.8 Å². The van der Waals surface area contributed by atoms with E-state index in [1.54, 1.807) is 0 Å². The van der Waals surface area contributed by atoms with E-state index in [1.807, 2.05) is 7.05 Å². The summed E-state index contributed by atoms with van der Waals surface area (Å²) in [6, 6.07) is 0. The SMILES string of the molecule is Cc1nc(NN)nc(NCC2CN(C)CCO2)c1[N+](=O)[O-]. The van der Waals surface area contributed by atoms with E-state index < -0.39 is 4.92 Å². The Hall–Kier alpha value is -2.04. The van der Waals surface area contributed by atoms with E-state index in [0.717, 1.165) is 13.1 Å². The first-order chi connectivity index (χ1) is 10.0. The number of hydrogen-bond donors (Lipinski definition) is 3. The summed E-state index contributed by atoms with van der Waals surface area (Å²) in [4.78, 5) is 20.7. The second kappa shape index (κ2) is 6.61. The number of hydrazine groups is 1. The summed E-state index contributed by atoms with van der Waals surface area (Å²) in [6.45, 7) is 4.24. The maximum atomic E-state index is 11.1. The van der Waals surface area contributed by atoms with E-state index in [-0.39, 0.29) is 29.3 Å². The van der Waals surface area contributed by atoms with Crippen LogP contribution in [0, 0.1) is 17.0 Å². The Morgan fingerprint density at radius 2 is 2.33 bits per heavy atom. The standard InChI is InChI=1S/C11H19N7O3/c1-7-9(18(19)20)10(15-11(14-7)16-12)13-5-8-6-17(2)3-4-21-8/h8H,3-6,12H2,1-2H3,(H2,13,14,15,16). The Morgan fingerprint density at radius 3 is 2.95 bits per heavy atom. The molecule has 0 spiro atoms. The van der Waals surface area contributed by atoms with Crippen LogP contribution in [0.1, 0.15) is 5.69 Å². The summed E-state index contributed by atoms with van der Waals surface area (Å²) >= 11 is 0. The van der Waals surface area contributed by atoms with E-state index in [4.69, 9.17) is 10.6 Å². The molecule has 0 bridgehead atoms. The average Bonchev–Trinajstić information content (AvgIpc) is 2.44. The molecule has 1 aliphatic heterocycles. The number of anilines is 2. The van der Waals surface area contributed by atoms with Gasteiger partial charge in [0.1, 0.15) is 5.69 Å². The van der Waals surface area contributed by atoms with Gasteiger partial charge in [0.15, 0.2) is 0 Å². The molecule has 0 aromatic carbocycles. The van der Waals surface area contributed by atoms with Crippen molar-refractivity contribution in [3.8, 4) is 0 Å². The molecule has 1 saturated heterocycles. The number of aromatic nitrogens is 2. The van der Waals surface area contributed by atoms with Crippen LogP contribution in [0.15, 0.2) is 0 Å². The molecule has 1 aromatic heterocycles. The second-order valence-electron chi connectivity index (χ2n) is 4.87. The number of nitrogens with one attached hydrogen (secondary N) is 2. The lowest BCUT2D eigenvalue weighted by atomic mass is 10.2. The molecular weight excluding hydrogens is 278 g/mol. The highest BCUT2D eigenvalue weighted by Gasteiger charge is 2.24. The molecule has 2 heterocycles. The fourth-order valence-corrected chi connectivity index (χ4v) is 2.17. The van der Waals surface area contributed by atoms with Crippen molar-refractivity contribution in [2.45, 2.75) is 13.0 Å². The van der Waals surface area contributed by atoms with Crippen molar-refractivity contribution in [1.29, 1.82) is 0 Å². The third-order valence-corrected chi connectivity index (χ3v) is 3.21. The van der Waals surface area contributed by atoms with Crippen molar-refractivity contribution < 1.29 is 9.66 Å². The van der Waals surface area contributed by atoms with Crippen molar-refractivity contribution in [3.63, 3.8) is 0 Å². The number of hydrogen-bond acceptors (Lipinski definition) is 9. The van der Waals surface area contributed by atoms with Crippen LogP contribution in [0.5, 0.6) is 0 Å². The highest BCUT2D eigenvalue weighted by atomic mass is 16.6. The van der Waals surface area contributed by atoms with Crippen LogP contribution in [0.3, 0.4) is 0 Å². The molecule has 1 aliphatic rings. The smallest absolute Gasteiger partial charge is 0.332 e. The van der Waals surface area contributed by atoms with Crippen LogP contribution in [-0.2, 0) is 4.74 Å². The molecule has 1 fully saturated rings. The molecular formula is C11H19N7O3. The lowest BCUT2D eigenvalue weighted by Crippen LogP contribution is -2.43. The number of nitro groups is 1. The summed E-state index contributed by atoms with van der Waals surface area (Å²) in [5.41, 5.74) is 2.38. The first-order valence-electron chi connectivity index (χ1n) is 6.55. The minimum Gasteiger partial charge on any atom is -0.374 e. The number of morpholine rings is 1. The fourth-order valence-electron chi connectivity index (χ4n) is 2.17. The maximum Gasteiger partial charge on any atom is 0.332 e. The molecule has 1 atom stereocenters. The molecule has 0 saturated carbocycles. The zero-order chi connectivity index (χ0) is 15.4. The Morgan fingerprint density at radius 1 is 1.57 bits per heavy atom. The largest absolute Gasteiger partial charge is 0.374 e.